The van der Waals surface area contributed by atoms with Crippen LogP contribution in [0.2, 0.25) is 0 Å². The fraction of sp³-hybridized carbons (Fsp3) is 0.560. The zero-order valence-electron chi connectivity index (χ0n) is 19.0. The highest BCUT2D eigenvalue weighted by molar-refractivity contribution is 6.07. The van der Waals surface area contributed by atoms with Crippen molar-refractivity contribution in [2.45, 2.75) is 51.7 Å². The van der Waals surface area contributed by atoms with Crippen molar-refractivity contribution in [2.24, 2.45) is 5.92 Å². The van der Waals surface area contributed by atoms with Gasteiger partial charge in [0.2, 0.25) is 0 Å². The Kier molecular flexibility index (Phi) is 6.65. The maximum Gasteiger partial charge on any atom is 0.335 e. The van der Waals surface area contributed by atoms with Gasteiger partial charge in [-0.2, -0.15) is 0 Å². The molecule has 1 amide bonds. The zero-order valence-corrected chi connectivity index (χ0v) is 19.0. The van der Waals surface area contributed by atoms with Crippen LogP contribution in [0, 0.1) is 5.92 Å². The van der Waals surface area contributed by atoms with Gasteiger partial charge in [-0.1, -0.05) is 30.3 Å². The zero-order chi connectivity index (χ0) is 22.7. The first-order chi connectivity index (χ1) is 15.4. The first-order valence-electron chi connectivity index (χ1n) is 11.6. The molecule has 0 N–H and O–H groups in total. The van der Waals surface area contributed by atoms with Crippen molar-refractivity contribution < 1.29 is 23.9 Å². The number of piperidine rings is 2. The summed E-state index contributed by atoms with van der Waals surface area (Å²) in [5.41, 5.74) is 1.37. The molecular formula is C25H32N2O5. The normalized spacial score (nSPS) is 21.7. The Morgan fingerprint density at radius 2 is 1.75 bits per heavy atom. The van der Waals surface area contributed by atoms with Gasteiger partial charge in [-0.3, -0.25) is 14.5 Å². The summed E-state index contributed by atoms with van der Waals surface area (Å²) in [5, 5.41) is 0. The summed E-state index contributed by atoms with van der Waals surface area (Å²) in [4.78, 5) is 42.2. The standard InChI is InChI=1S/C25H32N2O5/c1-3-31-24(30)20-9-13-27(14-10-20)22(28)21-18(2)23(29)32-25(21)11-15-26(16-12-25)17-19-7-5-4-6-8-19/h4-8,20H,3,9-17H2,1-2H3. The van der Waals surface area contributed by atoms with E-state index in [-0.39, 0.29) is 23.8 Å². The molecule has 0 saturated carbocycles. The van der Waals surface area contributed by atoms with Gasteiger partial charge in [0.05, 0.1) is 18.1 Å². The maximum atomic E-state index is 13.5. The van der Waals surface area contributed by atoms with Crippen molar-refractivity contribution in [1.82, 2.24) is 9.80 Å². The summed E-state index contributed by atoms with van der Waals surface area (Å²) in [5.74, 6) is -0.846. The van der Waals surface area contributed by atoms with Gasteiger partial charge < -0.3 is 14.4 Å². The smallest absolute Gasteiger partial charge is 0.335 e. The third-order valence-corrected chi connectivity index (χ3v) is 6.95. The van der Waals surface area contributed by atoms with Crippen LogP contribution < -0.4 is 0 Å². The number of esters is 2. The fourth-order valence-electron chi connectivity index (χ4n) is 5.11. The van der Waals surface area contributed by atoms with E-state index in [4.69, 9.17) is 9.47 Å². The van der Waals surface area contributed by atoms with Crippen molar-refractivity contribution in [3.63, 3.8) is 0 Å². The van der Waals surface area contributed by atoms with Crippen molar-refractivity contribution in [3.05, 3.63) is 47.0 Å². The number of likely N-dealkylation sites (tertiary alicyclic amines) is 2. The van der Waals surface area contributed by atoms with Gasteiger partial charge in [-0.25, -0.2) is 4.79 Å². The quantitative estimate of drug-likeness (QED) is 0.656. The number of carbonyl (C=O) groups is 3. The second kappa shape index (κ2) is 9.45. The number of carbonyl (C=O) groups excluding carboxylic acids is 3. The van der Waals surface area contributed by atoms with E-state index in [0.29, 0.717) is 56.5 Å². The first kappa shape index (κ1) is 22.5. The molecule has 3 aliphatic rings. The Morgan fingerprint density at radius 1 is 1.09 bits per heavy atom. The molecule has 0 aliphatic carbocycles. The van der Waals surface area contributed by atoms with Crippen LogP contribution in [0.1, 0.15) is 45.1 Å². The van der Waals surface area contributed by atoms with E-state index in [1.165, 1.54) is 5.56 Å². The van der Waals surface area contributed by atoms with E-state index >= 15 is 0 Å². The topological polar surface area (TPSA) is 76.1 Å². The molecule has 4 rings (SSSR count). The van der Waals surface area contributed by atoms with Crippen LogP contribution in [0.5, 0.6) is 0 Å². The van der Waals surface area contributed by atoms with E-state index in [9.17, 15) is 14.4 Å². The molecule has 0 bridgehead atoms. The highest BCUT2D eigenvalue weighted by Crippen LogP contribution is 2.42. The lowest BCUT2D eigenvalue weighted by Crippen LogP contribution is -2.50. The number of benzene rings is 1. The molecule has 1 aromatic rings. The fourth-order valence-corrected chi connectivity index (χ4v) is 5.11. The predicted octanol–water partition coefficient (Wildman–Crippen LogP) is 2.70. The van der Waals surface area contributed by atoms with Crippen LogP contribution >= 0.6 is 0 Å². The highest BCUT2D eigenvalue weighted by atomic mass is 16.6. The largest absolute Gasteiger partial charge is 0.466 e. The minimum absolute atomic E-state index is 0.118. The Morgan fingerprint density at radius 3 is 2.38 bits per heavy atom. The van der Waals surface area contributed by atoms with Crippen molar-refractivity contribution in [3.8, 4) is 0 Å². The second-order valence-electron chi connectivity index (χ2n) is 8.96. The molecule has 0 unspecified atom stereocenters. The summed E-state index contributed by atoms with van der Waals surface area (Å²) >= 11 is 0. The van der Waals surface area contributed by atoms with Crippen molar-refractivity contribution in [1.29, 1.82) is 0 Å². The molecule has 2 fully saturated rings. The predicted molar refractivity (Wildman–Crippen MR) is 118 cm³/mol. The van der Waals surface area contributed by atoms with Gasteiger partial charge in [0.15, 0.2) is 0 Å². The minimum atomic E-state index is -0.830. The van der Waals surface area contributed by atoms with Gasteiger partial charge in [0.25, 0.3) is 5.91 Å². The summed E-state index contributed by atoms with van der Waals surface area (Å²) in [7, 11) is 0. The lowest BCUT2D eigenvalue weighted by Gasteiger charge is -2.41. The molecule has 0 aromatic heterocycles. The van der Waals surface area contributed by atoms with E-state index in [1.54, 1.807) is 18.7 Å². The van der Waals surface area contributed by atoms with E-state index < -0.39 is 5.60 Å². The number of ether oxygens (including phenoxy) is 2. The molecule has 7 heteroatoms. The number of hydrogen-bond donors (Lipinski definition) is 0. The molecular weight excluding hydrogens is 408 g/mol. The number of amides is 1. The van der Waals surface area contributed by atoms with Gasteiger partial charge >= 0.3 is 11.9 Å². The van der Waals surface area contributed by atoms with Gasteiger partial charge in [0.1, 0.15) is 5.60 Å². The maximum absolute atomic E-state index is 13.5. The van der Waals surface area contributed by atoms with E-state index in [0.717, 1.165) is 19.6 Å². The van der Waals surface area contributed by atoms with E-state index in [2.05, 4.69) is 17.0 Å². The summed E-state index contributed by atoms with van der Waals surface area (Å²) in [6.07, 6.45) is 2.40. The summed E-state index contributed by atoms with van der Waals surface area (Å²) in [6.45, 7) is 7.21. The molecule has 32 heavy (non-hydrogen) atoms. The van der Waals surface area contributed by atoms with Crippen LogP contribution in [-0.2, 0) is 30.4 Å². The van der Waals surface area contributed by atoms with Crippen LogP contribution in [-0.4, -0.2) is 66.0 Å². The van der Waals surface area contributed by atoms with Crippen molar-refractivity contribution in [2.75, 3.05) is 32.8 Å². The molecule has 1 spiro atoms. The van der Waals surface area contributed by atoms with Crippen molar-refractivity contribution >= 4 is 17.8 Å². The van der Waals surface area contributed by atoms with Gasteiger partial charge in [0, 0.05) is 51.1 Å². The third kappa shape index (κ3) is 4.44. The lowest BCUT2D eigenvalue weighted by atomic mass is 9.82. The Balaban J connectivity index is 1.42. The second-order valence-corrected chi connectivity index (χ2v) is 8.96. The Bertz CT molecular complexity index is 894. The lowest BCUT2D eigenvalue weighted by molar-refractivity contribution is -0.153. The number of hydrogen-bond acceptors (Lipinski definition) is 6. The van der Waals surface area contributed by atoms with Crippen LogP contribution in [0.15, 0.2) is 41.5 Å². The minimum Gasteiger partial charge on any atom is -0.466 e. The number of nitrogens with zero attached hydrogens (tertiary/aromatic N) is 2. The van der Waals surface area contributed by atoms with Gasteiger partial charge in [-0.05, 0) is 32.3 Å². The summed E-state index contributed by atoms with van der Waals surface area (Å²) < 4.78 is 11.0. The van der Waals surface area contributed by atoms with E-state index in [1.807, 2.05) is 18.2 Å². The van der Waals surface area contributed by atoms with Crippen LogP contribution in [0.3, 0.4) is 0 Å². The third-order valence-electron chi connectivity index (χ3n) is 6.95. The Labute approximate surface area is 189 Å². The van der Waals surface area contributed by atoms with Crippen LogP contribution in [0.25, 0.3) is 0 Å². The molecule has 1 aromatic carbocycles. The SMILES string of the molecule is CCOC(=O)C1CCN(C(=O)C2=C(C)C(=O)OC23CCN(Cc2ccccc2)CC3)CC1. The highest BCUT2D eigenvalue weighted by Gasteiger charge is 2.51. The number of rotatable bonds is 5. The van der Waals surface area contributed by atoms with Crippen LogP contribution in [0.4, 0.5) is 0 Å². The molecule has 7 nitrogen and oxygen atoms in total. The Hall–Kier alpha value is -2.67. The monoisotopic (exact) mass is 440 g/mol. The average molecular weight is 441 g/mol. The molecule has 172 valence electrons. The molecule has 0 atom stereocenters. The van der Waals surface area contributed by atoms with Gasteiger partial charge in [-0.15, -0.1) is 0 Å². The molecule has 0 radical (unpaired) electrons. The first-order valence-corrected chi connectivity index (χ1v) is 11.6. The molecule has 3 aliphatic heterocycles. The molecule has 2 saturated heterocycles. The average Bonchev–Trinajstić information content (AvgIpc) is 3.05. The molecule has 3 heterocycles. The summed E-state index contributed by atoms with van der Waals surface area (Å²) in [6, 6.07) is 10.3.